The van der Waals surface area contributed by atoms with E-state index in [0.717, 1.165) is 5.56 Å². The van der Waals surface area contributed by atoms with Gasteiger partial charge in [-0.2, -0.15) is 0 Å². The Balaban J connectivity index is 1.58. The first-order valence-corrected chi connectivity index (χ1v) is 13.7. The quantitative estimate of drug-likeness (QED) is 0.249. The average Bonchev–Trinajstić information content (AvgIpc) is 3.21. The first-order chi connectivity index (χ1) is 19.3. The Morgan fingerprint density at radius 2 is 1.57 bits per heavy atom. The van der Waals surface area contributed by atoms with E-state index in [0.29, 0.717) is 49.1 Å². The number of hydrogen-bond acceptors (Lipinski definition) is 4. The van der Waals surface area contributed by atoms with Crippen LogP contribution in [0.3, 0.4) is 0 Å². The molecule has 0 aliphatic carbocycles. The van der Waals surface area contributed by atoms with Crippen molar-refractivity contribution in [2.45, 2.75) is 23.8 Å². The molecule has 2 aliphatic heterocycles. The number of amides is 2. The Kier molecular flexibility index (Phi) is 6.87. The fourth-order valence-corrected chi connectivity index (χ4v) is 6.55. The van der Waals surface area contributed by atoms with Crippen LogP contribution < -0.4 is 20.1 Å². The third-order valence-corrected chi connectivity index (χ3v) is 8.39. The first kappa shape index (κ1) is 26.5. The van der Waals surface area contributed by atoms with E-state index < -0.39 is 17.4 Å². The first-order valence-electron chi connectivity index (χ1n) is 12.6. The summed E-state index contributed by atoms with van der Waals surface area (Å²) in [6.45, 7) is 0. The van der Waals surface area contributed by atoms with Crippen molar-refractivity contribution in [3.8, 4) is 17.2 Å². The molecule has 2 aliphatic rings. The van der Waals surface area contributed by atoms with Gasteiger partial charge >= 0.3 is 0 Å². The van der Waals surface area contributed by atoms with Crippen LogP contribution in [-0.2, 0) is 15.0 Å². The second-order valence-corrected chi connectivity index (χ2v) is 11.0. The van der Waals surface area contributed by atoms with Crippen molar-refractivity contribution in [3.05, 3.63) is 117 Å². The Morgan fingerprint density at radius 3 is 2.33 bits per heavy atom. The number of fused-ring (bicyclic) bond motifs is 2. The van der Waals surface area contributed by atoms with Crippen molar-refractivity contribution in [3.63, 3.8) is 0 Å². The highest BCUT2D eigenvalue weighted by Crippen LogP contribution is 2.59. The molecule has 40 heavy (non-hydrogen) atoms. The molecule has 4 aromatic carbocycles. The van der Waals surface area contributed by atoms with Gasteiger partial charge in [-0.15, -0.1) is 0 Å². The Morgan fingerprint density at radius 1 is 0.850 bits per heavy atom. The van der Waals surface area contributed by atoms with Gasteiger partial charge in [-0.3, -0.25) is 9.59 Å². The van der Waals surface area contributed by atoms with E-state index in [1.54, 1.807) is 73.8 Å². The zero-order chi connectivity index (χ0) is 28.0. The van der Waals surface area contributed by atoms with Crippen molar-refractivity contribution in [1.29, 1.82) is 0 Å². The van der Waals surface area contributed by atoms with E-state index in [9.17, 15) is 9.59 Å². The van der Waals surface area contributed by atoms with Crippen LogP contribution in [0, 0.1) is 0 Å². The van der Waals surface area contributed by atoms with Gasteiger partial charge in [0.1, 0.15) is 22.7 Å². The van der Waals surface area contributed by atoms with Crippen molar-refractivity contribution in [1.82, 2.24) is 5.32 Å². The number of rotatable bonds is 5. The second-order valence-electron chi connectivity index (χ2n) is 9.75. The molecule has 1 saturated heterocycles. The zero-order valence-corrected chi connectivity index (χ0v) is 23.5. The van der Waals surface area contributed by atoms with Crippen molar-refractivity contribution >= 4 is 52.3 Å². The third kappa shape index (κ3) is 4.37. The number of methoxy groups -OCH3 is 1. The standard InChI is InChI=1S/C31H23Cl3N2O4/c1-39-20-9-11-21(12-10-20)40-26-7-3-6-24(34)28(26)29-31(22-13-8-19(33)15-25(22)35-30(31)38)23(16-27(37)36-29)17-4-2-5-18(32)14-17/h2-15,23,29H,16H2,1H3,(H,35,38)(H,36,37)/t23-,29+,31-/m0/s1. The number of halogens is 3. The number of carbonyl (C=O) groups excluding carboxylic acids is 2. The number of benzene rings is 4. The largest absolute Gasteiger partial charge is 0.497 e. The van der Waals surface area contributed by atoms with Gasteiger partial charge in [-0.05, 0) is 71.8 Å². The Bertz CT molecular complexity index is 1640. The molecule has 3 atom stereocenters. The highest BCUT2D eigenvalue weighted by atomic mass is 35.5. The summed E-state index contributed by atoms with van der Waals surface area (Å²) in [5.41, 5.74) is 1.23. The molecule has 4 aromatic rings. The minimum atomic E-state index is -1.29. The lowest BCUT2D eigenvalue weighted by Crippen LogP contribution is -2.57. The Labute approximate surface area is 246 Å². The minimum absolute atomic E-state index is 0.0610. The lowest BCUT2D eigenvalue weighted by molar-refractivity contribution is -0.131. The summed E-state index contributed by atoms with van der Waals surface area (Å²) in [6.07, 6.45) is 0.0610. The van der Waals surface area contributed by atoms with Gasteiger partial charge in [0.15, 0.2) is 0 Å². The summed E-state index contributed by atoms with van der Waals surface area (Å²) in [5, 5.41) is 7.45. The average molecular weight is 594 g/mol. The van der Waals surface area contributed by atoms with E-state index in [-0.39, 0.29) is 18.2 Å². The van der Waals surface area contributed by atoms with Crippen LogP contribution in [0.5, 0.6) is 17.2 Å². The number of piperidine rings is 1. The fraction of sp³-hybridized carbons (Fsp3) is 0.161. The van der Waals surface area contributed by atoms with Crippen LogP contribution >= 0.6 is 34.8 Å². The molecule has 202 valence electrons. The summed E-state index contributed by atoms with van der Waals surface area (Å²) >= 11 is 19.6. The summed E-state index contributed by atoms with van der Waals surface area (Å²) in [4.78, 5) is 27.7. The predicted octanol–water partition coefficient (Wildman–Crippen LogP) is 7.68. The van der Waals surface area contributed by atoms with Crippen LogP contribution in [0.4, 0.5) is 5.69 Å². The molecule has 0 radical (unpaired) electrons. The number of carbonyl (C=O) groups is 2. The molecule has 0 saturated carbocycles. The lowest BCUT2D eigenvalue weighted by atomic mass is 9.59. The predicted molar refractivity (Wildman–Crippen MR) is 156 cm³/mol. The van der Waals surface area contributed by atoms with E-state index in [4.69, 9.17) is 44.3 Å². The lowest BCUT2D eigenvalue weighted by Gasteiger charge is -2.46. The van der Waals surface area contributed by atoms with Gasteiger partial charge in [0.05, 0.1) is 13.2 Å². The van der Waals surface area contributed by atoms with Gasteiger partial charge in [-0.25, -0.2) is 0 Å². The van der Waals surface area contributed by atoms with Gasteiger partial charge in [0.2, 0.25) is 11.8 Å². The zero-order valence-electron chi connectivity index (χ0n) is 21.2. The molecule has 6 nitrogen and oxygen atoms in total. The molecule has 2 amide bonds. The maximum absolute atomic E-state index is 14.3. The molecule has 1 fully saturated rings. The molecule has 0 unspecified atom stereocenters. The topological polar surface area (TPSA) is 76.7 Å². The van der Waals surface area contributed by atoms with Gasteiger partial charge < -0.3 is 20.1 Å². The summed E-state index contributed by atoms with van der Waals surface area (Å²) in [6, 6.07) is 24.0. The number of hydrogen-bond donors (Lipinski definition) is 2. The highest BCUT2D eigenvalue weighted by molar-refractivity contribution is 6.32. The number of nitrogens with one attached hydrogen (secondary N) is 2. The number of ether oxygens (including phenoxy) is 2. The van der Waals surface area contributed by atoms with Crippen LogP contribution in [0.25, 0.3) is 0 Å². The molecule has 2 N–H and O–H groups in total. The SMILES string of the molecule is COc1ccc(Oc2cccc(Cl)c2[C@H]2NC(=O)C[C@@H](c3cccc(Cl)c3)[C@]23C(=O)Nc2cc(Cl)ccc23)cc1. The van der Waals surface area contributed by atoms with Crippen molar-refractivity contribution in [2.75, 3.05) is 12.4 Å². The summed E-state index contributed by atoms with van der Waals surface area (Å²) in [7, 11) is 1.59. The summed E-state index contributed by atoms with van der Waals surface area (Å²) < 4.78 is 11.6. The molecule has 2 heterocycles. The van der Waals surface area contributed by atoms with Gasteiger partial charge in [0.25, 0.3) is 0 Å². The van der Waals surface area contributed by atoms with E-state index in [2.05, 4.69) is 10.6 Å². The normalized spacial score (nSPS) is 21.5. The molecule has 9 heteroatoms. The van der Waals surface area contributed by atoms with Crippen LogP contribution in [-0.4, -0.2) is 18.9 Å². The minimum Gasteiger partial charge on any atom is -0.497 e. The molecule has 0 aromatic heterocycles. The molecule has 6 rings (SSSR count). The van der Waals surface area contributed by atoms with E-state index in [1.807, 2.05) is 18.2 Å². The smallest absolute Gasteiger partial charge is 0.238 e. The Hall–Kier alpha value is -3.71. The van der Waals surface area contributed by atoms with Crippen LogP contribution in [0.1, 0.15) is 35.1 Å². The second kappa shape index (κ2) is 10.4. The molecule has 0 bridgehead atoms. The van der Waals surface area contributed by atoms with E-state index >= 15 is 0 Å². The summed E-state index contributed by atoms with van der Waals surface area (Å²) in [5.74, 6) is 0.539. The maximum atomic E-state index is 14.3. The fourth-order valence-electron chi connectivity index (χ4n) is 5.90. The third-order valence-electron chi connectivity index (χ3n) is 7.59. The molecular weight excluding hydrogens is 571 g/mol. The number of anilines is 1. The van der Waals surface area contributed by atoms with Crippen molar-refractivity contribution in [2.24, 2.45) is 0 Å². The molecule has 1 spiro atoms. The monoisotopic (exact) mass is 592 g/mol. The molecular formula is C31H23Cl3N2O4. The van der Waals surface area contributed by atoms with E-state index in [1.165, 1.54) is 0 Å². The maximum Gasteiger partial charge on any atom is 0.238 e. The highest BCUT2D eigenvalue weighted by Gasteiger charge is 2.62. The van der Waals surface area contributed by atoms with Gasteiger partial charge in [0, 0.05) is 38.7 Å². The van der Waals surface area contributed by atoms with Crippen LogP contribution in [0.2, 0.25) is 15.1 Å². The van der Waals surface area contributed by atoms with Crippen LogP contribution in [0.15, 0.2) is 84.9 Å². The van der Waals surface area contributed by atoms with Gasteiger partial charge in [-0.1, -0.05) is 59.1 Å². The van der Waals surface area contributed by atoms with Crippen molar-refractivity contribution < 1.29 is 19.1 Å².